The molecule has 0 spiro atoms. The van der Waals surface area contributed by atoms with Crippen molar-refractivity contribution >= 4 is 0 Å². The van der Waals surface area contributed by atoms with Gasteiger partial charge in [0.05, 0.1) is 13.2 Å². The molecule has 1 saturated heterocycles. The van der Waals surface area contributed by atoms with Crippen molar-refractivity contribution in [1.29, 1.82) is 0 Å². The van der Waals surface area contributed by atoms with E-state index in [0.717, 1.165) is 45.8 Å². The van der Waals surface area contributed by atoms with Gasteiger partial charge in [0.15, 0.2) is 6.29 Å². The zero-order valence-corrected chi connectivity index (χ0v) is 8.34. The normalized spacial score (nSPS) is 19.2. The Morgan fingerprint density at radius 2 is 1.85 bits per heavy atom. The highest BCUT2D eigenvalue weighted by Crippen LogP contribution is 2.02. The van der Waals surface area contributed by atoms with Gasteiger partial charge in [-0.2, -0.15) is 0 Å². The summed E-state index contributed by atoms with van der Waals surface area (Å²) in [6.07, 6.45) is 0.990. The van der Waals surface area contributed by atoms with Crippen LogP contribution in [0.15, 0.2) is 0 Å². The third-order valence-electron chi connectivity index (χ3n) is 1.94. The quantitative estimate of drug-likeness (QED) is 0.573. The molecule has 1 heterocycles. The van der Waals surface area contributed by atoms with E-state index in [1.807, 2.05) is 0 Å². The van der Waals surface area contributed by atoms with Gasteiger partial charge < -0.3 is 20.1 Å². The highest BCUT2D eigenvalue weighted by molar-refractivity contribution is 4.56. The van der Waals surface area contributed by atoms with Crippen molar-refractivity contribution < 1.29 is 9.47 Å². The predicted molar refractivity (Wildman–Crippen MR) is 51.7 cm³/mol. The third-order valence-corrected chi connectivity index (χ3v) is 1.94. The molecule has 0 aromatic rings. The van der Waals surface area contributed by atoms with Crippen molar-refractivity contribution in [3.8, 4) is 0 Å². The minimum atomic E-state index is -0.0321. The molecule has 0 unspecified atom stereocenters. The SMILES string of the molecule is CCNCCNCC1OCCCO1. The van der Waals surface area contributed by atoms with E-state index < -0.39 is 0 Å². The molecule has 78 valence electrons. The van der Waals surface area contributed by atoms with Gasteiger partial charge >= 0.3 is 0 Å². The third kappa shape index (κ3) is 5.21. The number of rotatable bonds is 6. The van der Waals surface area contributed by atoms with E-state index in [-0.39, 0.29) is 6.29 Å². The summed E-state index contributed by atoms with van der Waals surface area (Å²) in [4.78, 5) is 0. The number of hydrogen-bond donors (Lipinski definition) is 2. The summed E-state index contributed by atoms with van der Waals surface area (Å²) >= 11 is 0. The van der Waals surface area contributed by atoms with Crippen LogP contribution in [0.2, 0.25) is 0 Å². The Bertz CT molecular complexity index is 116. The van der Waals surface area contributed by atoms with E-state index in [1.165, 1.54) is 0 Å². The molecule has 0 aromatic heterocycles. The lowest BCUT2D eigenvalue weighted by Gasteiger charge is -2.23. The monoisotopic (exact) mass is 188 g/mol. The van der Waals surface area contributed by atoms with E-state index in [2.05, 4.69) is 17.6 Å². The zero-order chi connectivity index (χ0) is 9.36. The molecular weight excluding hydrogens is 168 g/mol. The first-order chi connectivity index (χ1) is 6.43. The average molecular weight is 188 g/mol. The summed E-state index contributed by atoms with van der Waals surface area (Å²) in [6.45, 7) is 7.57. The lowest BCUT2D eigenvalue weighted by Crippen LogP contribution is -2.37. The summed E-state index contributed by atoms with van der Waals surface area (Å²) in [6, 6.07) is 0. The van der Waals surface area contributed by atoms with E-state index in [0.29, 0.717) is 0 Å². The Morgan fingerprint density at radius 3 is 2.54 bits per heavy atom. The van der Waals surface area contributed by atoms with E-state index in [9.17, 15) is 0 Å². The van der Waals surface area contributed by atoms with E-state index >= 15 is 0 Å². The summed E-state index contributed by atoms with van der Waals surface area (Å²) in [5.74, 6) is 0. The van der Waals surface area contributed by atoms with Crippen LogP contribution in [0.3, 0.4) is 0 Å². The number of nitrogens with one attached hydrogen (secondary N) is 2. The Balaban J connectivity index is 1.86. The lowest BCUT2D eigenvalue weighted by molar-refractivity contribution is -0.175. The van der Waals surface area contributed by atoms with Gasteiger partial charge in [0.25, 0.3) is 0 Å². The molecule has 1 aliphatic heterocycles. The van der Waals surface area contributed by atoms with Crippen molar-refractivity contribution in [2.75, 3.05) is 39.4 Å². The second-order valence-electron chi connectivity index (χ2n) is 3.08. The van der Waals surface area contributed by atoms with Crippen LogP contribution in [0.5, 0.6) is 0 Å². The Morgan fingerprint density at radius 1 is 1.15 bits per heavy atom. The summed E-state index contributed by atoms with van der Waals surface area (Å²) < 4.78 is 10.8. The van der Waals surface area contributed by atoms with Gasteiger partial charge in [-0.3, -0.25) is 0 Å². The van der Waals surface area contributed by atoms with Gasteiger partial charge in [0, 0.05) is 19.6 Å². The number of likely N-dealkylation sites (N-methyl/N-ethyl adjacent to an activating group) is 1. The van der Waals surface area contributed by atoms with Crippen molar-refractivity contribution in [2.24, 2.45) is 0 Å². The molecule has 0 amide bonds. The molecule has 4 heteroatoms. The number of ether oxygens (including phenoxy) is 2. The Labute approximate surface area is 80.0 Å². The van der Waals surface area contributed by atoms with Gasteiger partial charge in [-0.15, -0.1) is 0 Å². The zero-order valence-electron chi connectivity index (χ0n) is 8.34. The van der Waals surface area contributed by atoms with E-state index in [4.69, 9.17) is 9.47 Å². The highest BCUT2D eigenvalue weighted by atomic mass is 16.7. The van der Waals surface area contributed by atoms with Gasteiger partial charge in [0.1, 0.15) is 0 Å². The predicted octanol–water partition coefficient (Wildman–Crippen LogP) is -0.0515. The average Bonchev–Trinajstić information content (AvgIpc) is 2.19. The van der Waals surface area contributed by atoms with Crippen LogP contribution in [0.1, 0.15) is 13.3 Å². The molecule has 4 nitrogen and oxygen atoms in total. The molecule has 0 saturated carbocycles. The van der Waals surface area contributed by atoms with Crippen molar-refractivity contribution in [2.45, 2.75) is 19.6 Å². The fourth-order valence-corrected chi connectivity index (χ4v) is 1.23. The minimum Gasteiger partial charge on any atom is -0.351 e. The molecule has 0 atom stereocenters. The molecule has 0 radical (unpaired) electrons. The Kier molecular flexibility index (Phi) is 6.10. The van der Waals surface area contributed by atoms with Crippen molar-refractivity contribution in [3.63, 3.8) is 0 Å². The second kappa shape index (κ2) is 7.26. The molecule has 13 heavy (non-hydrogen) atoms. The van der Waals surface area contributed by atoms with Crippen LogP contribution in [0.25, 0.3) is 0 Å². The topological polar surface area (TPSA) is 42.5 Å². The summed E-state index contributed by atoms with van der Waals surface area (Å²) in [5, 5.41) is 6.52. The molecule has 0 aliphatic carbocycles. The van der Waals surface area contributed by atoms with Crippen molar-refractivity contribution in [3.05, 3.63) is 0 Å². The molecule has 1 rings (SSSR count). The fourth-order valence-electron chi connectivity index (χ4n) is 1.23. The van der Waals surface area contributed by atoms with Gasteiger partial charge in [-0.25, -0.2) is 0 Å². The first-order valence-electron chi connectivity index (χ1n) is 5.08. The number of hydrogen-bond acceptors (Lipinski definition) is 4. The largest absolute Gasteiger partial charge is 0.351 e. The van der Waals surface area contributed by atoms with Crippen molar-refractivity contribution in [1.82, 2.24) is 10.6 Å². The molecule has 1 aliphatic rings. The molecule has 2 N–H and O–H groups in total. The second-order valence-corrected chi connectivity index (χ2v) is 3.08. The van der Waals surface area contributed by atoms with Crippen LogP contribution >= 0.6 is 0 Å². The maximum atomic E-state index is 5.38. The fraction of sp³-hybridized carbons (Fsp3) is 1.00. The maximum absolute atomic E-state index is 5.38. The molecule has 0 aromatic carbocycles. The lowest BCUT2D eigenvalue weighted by atomic mass is 10.4. The van der Waals surface area contributed by atoms with Crippen LogP contribution in [-0.4, -0.2) is 45.7 Å². The maximum Gasteiger partial charge on any atom is 0.169 e. The smallest absolute Gasteiger partial charge is 0.169 e. The van der Waals surface area contributed by atoms with Crippen LogP contribution < -0.4 is 10.6 Å². The summed E-state index contributed by atoms with van der Waals surface area (Å²) in [5.41, 5.74) is 0. The van der Waals surface area contributed by atoms with Gasteiger partial charge in [-0.05, 0) is 13.0 Å². The van der Waals surface area contributed by atoms with Crippen LogP contribution in [0.4, 0.5) is 0 Å². The van der Waals surface area contributed by atoms with Gasteiger partial charge in [0.2, 0.25) is 0 Å². The first kappa shape index (κ1) is 10.9. The minimum absolute atomic E-state index is 0.0321. The molecule has 0 bridgehead atoms. The van der Waals surface area contributed by atoms with Crippen LogP contribution in [-0.2, 0) is 9.47 Å². The first-order valence-corrected chi connectivity index (χ1v) is 5.08. The van der Waals surface area contributed by atoms with Crippen LogP contribution in [0, 0.1) is 0 Å². The highest BCUT2D eigenvalue weighted by Gasteiger charge is 2.12. The Hall–Kier alpha value is -0.160. The molecule has 1 fully saturated rings. The summed E-state index contributed by atoms with van der Waals surface area (Å²) in [7, 11) is 0. The van der Waals surface area contributed by atoms with Gasteiger partial charge in [-0.1, -0.05) is 6.92 Å². The molecular formula is C9H20N2O2. The standard InChI is InChI=1S/C9H20N2O2/c1-2-10-4-5-11-8-9-12-6-3-7-13-9/h9-11H,2-8H2,1H3. The van der Waals surface area contributed by atoms with E-state index in [1.54, 1.807) is 0 Å².